The molecule has 0 bridgehead atoms. The van der Waals surface area contributed by atoms with Gasteiger partial charge in [-0.15, -0.1) is 0 Å². The second-order valence-corrected chi connectivity index (χ2v) is 13.5. The first-order chi connectivity index (χ1) is 25.9. The van der Waals surface area contributed by atoms with Gasteiger partial charge in [-0.2, -0.15) is 0 Å². The third kappa shape index (κ3) is 13.2. The lowest BCUT2D eigenvalue weighted by Crippen LogP contribution is -2.53. The number of aryl methyl sites for hydroxylation is 2. The number of carboxylic acid groups (broad SMARTS) is 2. The van der Waals surface area contributed by atoms with Crippen molar-refractivity contribution >= 4 is 35.7 Å². The topological polar surface area (TPSA) is 192 Å². The van der Waals surface area contributed by atoms with E-state index in [-0.39, 0.29) is 37.0 Å². The molecular formula is C40H56N4O10. The smallest absolute Gasteiger partial charge is 0.328 e. The highest BCUT2D eigenvalue weighted by molar-refractivity contribution is 5.89. The Morgan fingerprint density at radius 1 is 0.685 bits per heavy atom. The van der Waals surface area contributed by atoms with Gasteiger partial charge in [-0.05, 0) is 90.2 Å². The summed E-state index contributed by atoms with van der Waals surface area (Å²) >= 11 is 0. The van der Waals surface area contributed by atoms with E-state index in [1.54, 1.807) is 32.6 Å². The van der Waals surface area contributed by atoms with Gasteiger partial charge < -0.3 is 29.5 Å². The summed E-state index contributed by atoms with van der Waals surface area (Å²) in [5.74, 6) is -3.34. The van der Waals surface area contributed by atoms with Crippen LogP contribution in [0.3, 0.4) is 0 Å². The first kappa shape index (κ1) is 43.6. The molecule has 4 rings (SSSR count). The molecule has 0 aromatic heterocycles. The third-order valence-electron chi connectivity index (χ3n) is 9.56. The summed E-state index contributed by atoms with van der Waals surface area (Å²) in [6.45, 7) is 8.29. The van der Waals surface area contributed by atoms with Crippen LogP contribution in [0, 0.1) is 0 Å². The van der Waals surface area contributed by atoms with Crippen molar-refractivity contribution in [3.8, 4) is 0 Å². The zero-order valence-electron chi connectivity index (χ0n) is 31.8. The maximum absolute atomic E-state index is 13.0. The number of nitrogens with one attached hydrogen (secondary N) is 2. The van der Waals surface area contributed by atoms with Crippen LogP contribution in [0.4, 0.5) is 0 Å². The number of aliphatic carboxylic acids is 2. The maximum Gasteiger partial charge on any atom is 0.328 e. The number of esters is 2. The lowest BCUT2D eigenvalue weighted by Gasteiger charge is -2.28. The lowest BCUT2D eigenvalue weighted by atomic mass is 10.0. The number of carboxylic acids is 2. The van der Waals surface area contributed by atoms with Gasteiger partial charge in [0.2, 0.25) is 11.8 Å². The molecule has 2 amide bonds. The molecule has 4 N–H and O–H groups in total. The van der Waals surface area contributed by atoms with Gasteiger partial charge in [-0.3, -0.25) is 29.8 Å². The van der Waals surface area contributed by atoms with Crippen LogP contribution in [0.5, 0.6) is 0 Å². The Kier molecular flexibility index (Phi) is 18.1. The van der Waals surface area contributed by atoms with Gasteiger partial charge in [-0.1, -0.05) is 60.7 Å². The first-order valence-electron chi connectivity index (χ1n) is 18.9. The zero-order valence-corrected chi connectivity index (χ0v) is 31.8. The van der Waals surface area contributed by atoms with Gasteiger partial charge in [0, 0.05) is 13.1 Å². The van der Waals surface area contributed by atoms with E-state index in [0.29, 0.717) is 58.0 Å². The van der Waals surface area contributed by atoms with E-state index in [0.717, 1.165) is 17.5 Å². The summed E-state index contributed by atoms with van der Waals surface area (Å²) in [7, 11) is 0. The van der Waals surface area contributed by atoms with Gasteiger partial charge in [-0.25, -0.2) is 9.59 Å². The van der Waals surface area contributed by atoms with Gasteiger partial charge in [0.05, 0.1) is 25.3 Å². The molecule has 2 fully saturated rings. The Bertz CT molecular complexity index is 1530. The molecule has 2 aliphatic rings. The van der Waals surface area contributed by atoms with E-state index in [4.69, 9.17) is 9.47 Å². The molecule has 0 radical (unpaired) electrons. The summed E-state index contributed by atoms with van der Waals surface area (Å²) in [4.78, 5) is 75.6. The van der Waals surface area contributed by atoms with Crippen molar-refractivity contribution in [1.29, 1.82) is 0 Å². The van der Waals surface area contributed by atoms with Gasteiger partial charge >= 0.3 is 23.9 Å². The van der Waals surface area contributed by atoms with Crippen molar-refractivity contribution in [3.63, 3.8) is 0 Å². The molecule has 0 aliphatic carbocycles. The molecule has 14 heteroatoms. The zero-order chi connectivity index (χ0) is 39.6. The number of amides is 2. The highest BCUT2D eigenvalue weighted by Crippen LogP contribution is 2.21. The van der Waals surface area contributed by atoms with Crippen molar-refractivity contribution in [2.24, 2.45) is 0 Å². The van der Waals surface area contributed by atoms with Crippen LogP contribution in [0.25, 0.3) is 0 Å². The van der Waals surface area contributed by atoms with Gasteiger partial charge in [0.15, 0.2) is 0 Å². The largest absolute Gasteiger partial charge is 0.480 e. The SMILES string of the molecule is CCOC(=O)[C@H](CCc1ccccc1)N[C@@H](C)C(=O)N1CCC[C@H]1C(=O)OCC.C[C@H](N[C@@H](CCc1ccccc1)C(=O)O)C(=O)N1CCC[C@H]1C(=O)O. The van der Waals surface area contributed by atoms with Crippen molar-refractivity contribution in [2.45, 2.75) is 115 Å². The Morgan fingerprint density at radius 3 is 1.59 bits per heavy atom. The fraction of sp³-hybridized carbons (Fsp3) is 0.550. The molecule has 0 unspecified atom stereocenters. The van der Waals surface area contributed by atoms with E-state index in [9.17, 15) is 39.0 Å². The number of carbonyl (C=O) groups is 6. The molecule has 2 aliphatic heterocycles. The molecule has 2 heterocycles. The number of likely N-dealkylation sites (tertiary alicyclic amines) is 2. The lowest BCUT2D eigenvalue weighted by molar-refractivity contribution is -0.154. The summed E-state index contributed by atoms with van der Waals surface area (Å²) in [5, 5.41) is 24.6. The monoisotopic (exact) mass is 752 g/mol. The summed E-state index contributed by atoms with van der Waals surface area (Å²) < 4.78 is 10.3. The molecule has 54 heavy (non-hydrogen) atoms. The molecule has 2 saturated heterocycles. The molecule has 0 spiro atoms. The van der Waals surface area contributed by atoms with Gasteiger partial charge in [0.25, 0.3) is 0 Å². The maximum atomic E-state index is 13.0. The number of carbonyl (C=O) groups excluding carboxylic acids is 4. The fourth-order valence-electron chi connectivity index (χ4n) is 6.75. The number of nitrogens with zero attached hydrogens (tertiary/aromatic N) is 2. The predicted octanol–water partition coefficient (Wildman–Crippen LogP) is 3.21. The Balaban J connectivity index is 0.000000294. The van der Waals surface area contributed by atoms with Crippen molar-refractivity contribution in [2.75, 3.05) is 26.3 Å². The van der Waals surface area contributed by atoms with E-state index >= 15 is 0 Å². The number of hydrogen-bond donors (Lipinski definition) is 4. The first-order valence-corrected chi connectivity index (χ1v) is 18.9. The molecular weight excluding hydrogens is 696 g/mol. The van der Waals surface area contributed by atoms with Crippen LogP contribution >= 0.6 is 0 Å². The van der Waals surface area contributed by atoms with Crippen LogP contribution < -0.4 is 10.6 Å². The summed E-state index contributed by atoms with van der Waals surface area (Å²) in [6, 6.07) is 15.2. The molecule has 2 aromatic carbocycles. The summed E-state index contributed by atoms with van der Waals surface area (Å²) in [5.41, 5.74) is 2.14. The molecule has 6 atom stereocenters. The van der Waals surface area contributed by atoms with E-state index in [1.165, 1.54) is 4.90 Å². The standard InChI is InChI=1S/C22H32N2O5.C18H24N2O5/c1-4-28-21(26)18(14-13-17-10-7-6-8-11-17)23-16(3)20(25)24-15-9-12-19(24)22(27)29-5-2;1-12(16(21)20-11-5-8-15(20)18(24)25)19-14(17(22)23)10-9-13-6-3-2-4-7-13/h6-8,10-11,16,18-19,23H,4-5,9,12-15H2,1-3H3;2-4,6-7,12,14-15,19H,5,8-11H2,1H3,(H,22,23)(H,24,25)/t16-,18-,19-;12-,14-,15-/m00/s1. The Morgan fingerprint density at radius 2 is 1.13 bits per heavy atom. The van der Waals surface area contributed by atoms with Crippen molar-refractivity contribution in [3.05, 3.63) is 71.8 Å². The normalized spacial score (nSPS) is 18.7. The summed E-state index contributed by atoms with van der Waals surface area (Å²) in [6.07, 6.45) is 4.57. The van der Waals surface area contributed by atoms with E-state index in [1.807, 2.05) is 60.7 Å². The minimum Gasteiger partial charge on any atom is -0.480 e. The minimum absolute atomic E-state index is 0.199. The highest BCUT2D eigenvalue weighted by Gasteiger charge is 2.38. The second kappa shape index (κ2) is 22.4. The second-order valence-electron chi connectivity index (χ2n) is 13.5. The van der Waals surface area contributed by atoms with Crippen LogP contribution in [0.2, 0.25) is 0 Å². The predicted molar refractivity (Wildman–Crippen MR) is 200 cm³/mol. The number of rotatable bonds is 18. The van der Waals surface area contributed by atoms with Crippen LogP contribution in [0.15, 0.2) is 60.7 Å². The highest BCUT2D eigenvalue weighted by atomic mass is 16.5. The average Bonchev–Trinajstić information content (AvgIpc) is 3.87. The molecule has 14 nitrogen and oxygen atoms in total. The fourth-order valence-corrected chi connectivity index (χ4v) is 6.75. The van der Waals surface area contributed by atoms with Gasteiger partial charge in [0.1, 0.15) is 24.2 Å². The number of benzene rings is 2. The van der Waals surface area contributed by atoms with Crippen LogP contribution in [-0.4, -0.2) is 118 Å². The number of hydrogen-bond acceptors (Lipinski definition) is 10. The molecule has 0 saturated carbocycles. The van der Waals surface area contributed by atoms with E-state index in [2.05, 4.69) is 10.6 Å². The minimum atomic E-state index is -1.02. The number of ether oxygens (including phenoxy) is 2. The van der Waals surface area contributed by atoms with Crippen molar-refractivity contribution < 1.29 is 48.5 Å². The Labute approximate surface area is 317 Å². The van der Waals surface area contributed by atoms with Crippen LogP contribution in [0.1, 0.15) is 77.3 Å². The quantitative estimate of drug-likeness (QED) is 0.163. The third-order valence-corrected chi connectivity index (χ3v) is 9.56. The molecule has 2 aromatic rings. The molecule has 296 valence electrons. The van der Waals surface area contributed by atoms with E-state index < -0.39 is 48.2 Å². The van der Waals surface area contributed by atoms with Crippen molar-refractivity contribution in [1.82, 2.24) is 20.4 Å². The Hall–Kier alpha value is -4.82. The average molecular weight is 753 g/mol. The van der Waals surface area contributed by atoms with Crippen LogP contribution in [-0.2, 0) is 51.1 Å².